The van der Waals surface area contributed by atoms with Gasteiger partial charge < -0.3 is 0 Å². The molecule has 0 heterocycles. The molecule has 0 N–H and O–H groups in total. The number of alkyl halides is 3. The van der Waals surface area contributed by atoms with Gasteiger partial charge in [-0.05, 0) is 0 Å². The largest absolute Gasteiger partial charge is 0.122 e. The van der Waals surface area contributed by atoms with Crippen LogP contribution in [0.5, 0.6) is 0 Å². The van der Waals surface area contributed by atoms with E-state index in [0.717, 1.165) is 0 Å². The molecule has 0 spiro atoms. The van der Waals surface area contributed by atoms with E-state index in [-0.39, 0.29) is 3.38 Å². The molecule has 3 heteroatoms. The third-order valence-corrected chi connectivity index (χ3v) is 1.11. The van der Waals surface area contributed by atoms with Gasteiger partial charge in [-0.1, -0.05) is 34.7 Å². The van der Waals surface area contributed by atoms with Gasteiger partial charge >= 0.3 is 0 Å². The zero-order chi connectivity index (χ0) is 5.70. The fraction of sp³-hybridized carbons (Fsp3) is 0.500. The molecule has 1 atom stereocenters. The van der Waals surface area contributed by atoms with Gasteiger partial charge in [0.15, 0.2) is 0 Å². The molecular weight excluding hydrogens is 246 g/mol. The van der Waals surface area contributed by atoms with Gasteiger partial charge in [0.25, 0.3) is 0 Å². The average molecular weight is 251 g/mol. The van der Waals surface area contributed by atoms with Crippen LogP contribution in [0.3, 0.4) is 0 Å². The summed E-state index contributed by atoms with van der Waals surface area (Å²) in [6.07, 6.45) is 3.67. The van der Waals surface area contributed by atoms with E-state index in [1.165, 1.54) is 0 Å². The Morgan fingerprint density at radius 1 is 1.71 bits per heavy atom. The quantitative estimate of drug-likeness (QED) is 0.402. The van der Waals surface area contributed by atoms with E-state index in [1.54, 1.807) is 0 Å². The highest BCUT2D eigenvalue weighted by molar-refractivity contribution is 14.1. The van der Waals surface area contributed by atoms with E-state index in [4.69, 9.17) is 23.2 Å². The Balaban J connectivity index is 3.08. The SMILES string of the molecule is ClCC=CC(Cl)I. The molecular formula is C4H5Cl2I. The van der Waals surface area contributed by atoms with Crippen LogP contribution in [0.1, 0.15) is 0 Å². The Morgan fingerprint density at radius 3 is 2.43 bits per heavy atom. The predicted octanol–water partition coefficient (Wildman–Crippen LogP) is 2.78. The lowest BCUT2D eigenvalue weighted by Gasteiger charge is -1.83. The number of hydrogen-bond donors (Lipinski definition) is 0. The fourth-order valence-corrected chi connectivity index (χ4v) is 0.654. The van der Waals surface area contributed by atoms with Gasteiger partial charge in [0.05, 0.1) is 0 Å². The van der Waals surface area contributed by atoms with Crippen molar-refractivity contribution in [3.05, 3.63) is 12.2 Å². The molecule has 0 amide bonds. The van der Waals surface area contributed by atoms with Crippen LogP contribution in [-0.4, -0.2) is 9.26 Å². The van der Waals surface area contributed by atoms with Gasteiger partial charge in [-0.15, -0.1) is 23.2 Å². The number of hydrogen-bond acceptors (Lipinski definition) is 0. The molecule has 0 rings (SSSR count). The number of allylic oxidation sites excluding steroid dienone is 2. The Kier molecular flexibility index (Phi) is 5.97. The molecule has 0 aromatic heterocycles. The molecule has 42 valence electrons. The molecule has 0 aliphatic rings. The summed E-state index contributed by atoms with van der Waals surface area (Å²) in [6, 6.07) is 0. The maximum atomic E-state index is 5.50. The van der Waals surface area contributed by atoms with Crippen LogP contribution in [0.4, 0.5) is 0 Å². The van der Waals surface area contributed by atoms with Crippen molar-refractivity contribution in [2.24, 2.45) is 0 Å². The first-order valence-corrected chi connectivity index (χ1v) is 4.00. The highest BCUT2D eigenvalue weighted by Gasteiger charge is 1.84. The summed E-state index contributed by atoms with van der Waals surface area (Å²) >= 11 is 12.9. The van der Waals surface area contributed by atoms with Crippen molar-refractivity contribution in [2.45, 2.75) is 3.38 Å². The maximum absolute atomic E-state index is 5.50. The van der Waals surface area contributed by atoms with Gasteiger partial charge in [-0.3, -0.25) is 0 Å². The number of rotatable bonds is 2. The summed E-state index contributed by atoms with van der Waals surface area (Å²) in [6.45, 7) is 0. The summed E-state index contributed by atoms with van der Waals surface area (Å²) in [5.74, 6) is 0.548. The van der Waals surface area contributed by atoms with Crippen LogP contribution in [0.2, 0.25) is 0 Å². The molecule has 0 saturated heterocycles. The molecule has 7 heavy (non-hydrogen) atoms. The zero-order valence-electron chi connectivity index (χ0n) is 3.57. The van der Waals surface area contributed by atoms with Crippen molar-refractivity contribution in [3.8, 4) is 0 Å². The van der Waals surface area contributed by atoms with E-state index in [2.05, 4.69) is 22.6 Å². The lowest BCUT2D eigenvalue weighted by atomic mass is 10.6. The van der Waals surface area contributed by atoms with Crippen LogP contribution >= 0.6 is 45.8 Å². The lowest BCUT2D eigenvalue weighted by Crippen LogP contribution is -1.73. The van der Waals surface area contributed by atoms with Crippen molar-refractivity contribution >= 4 is 45.8 Å². The van der Waals surface area contributed by atoms with Gasteiger partial charge in [0, 0.05) is 5.88 Å². The van der Waals surface area contributed by atoms with Gasteiger partial charge in [0.1, 0.15) is 3.38 Å². The van der Waals surface area contributed by atoms with Crippen molar-refractivity contribution in [1.82, 2.24) is 0 Å². The monoisotopic (exact) mass is 250 g/mol. The number of halogens is 3. The summed E-state index contributed by atoms with van der Waals surface area (Å²) in [4.78, 5) is 0. The summed E-state index contributed by atoms with van der Waals surface area (Å²) in [5, 5.41) is 0. The zero-order valence-corrected chi connectivity index (χ0v) is 7.24. The lowest BCUT2D eigenvalue weighted by molar-refractivity contribution is 1.62. The topological polar surface area (TPSA) is 0 Å². The van der Waals surface area contributed by atoms with E-state index in [0.29, 0.717) is 5.88 Å². The average Bonchev–Trinajstić information content (AvgIpc) is 1.61. The molecule has 1 unspecified atom stereocenters. The van der Waals surface area contributed by atoms with Crippen molar-refractivity contribution < 1.29 is 0 Å². The molecule has 0 aliphatic heterocycles. The predicted molar refractivity (Wildman–Crippen MR) is 43.5 cm³/mol. The minimum atomic E-state index is 0.0800. The minimum Gasteiger partial charge on any atom is -0.122 e. The van der Waals surface area contributed by atoms with Crippen LogP contribution < -0.4 is 0 Å². The van der Waals surface area contributed by atoms with Crippen LogP contribution in [0.25, 0.3) is 0 Å². The second-order valence-electron chi connectivity index (χ2n) is 0.917. The third-order valence-electron chi connectivity index (χ3n) is 0.371. The van der Waals surface area contributed by atoms with E-state index >= 15 is 0 Å². The first-order valence-electron chi connectivity index (χ1n) is 1.78. The fourth-order valence-electron chi connectivity index (χ4n) is 0.154. The van der Waals surface area contributed by atoms with Crippen molar-refractivity contribution in [3.63, 3.8) is 0 Å². The summed E-state index contributed by atoms with van der Waals surface area (Å²) < 4.78 is 0.0800. The Hall–Kier alpha value is 1.05. The van der Waals surface area contributed by atoms with E-state index < -0.39 is 0 Å². The van der Waals surface area contributed by atoms with E-state index in [9.17, 15) is 0 Å². The third kappa shape index (κ3) is 7.05. The molecule has 0 radical (unpaired) electrons. The maximum Gasteiger partial charge on any atom is 0.103 e. The first-order chi connectivity index (χ1) is 3.27. The van der Waals surface area contributed by atoms with Crippen LogP contribution in [0, 0.1) is 0 Å². The van der Waals surface area contributed by atoms with Gasteiger partial charge in [-0.25, -0.2) is 0 Å². The Bertz CT molecular complexity index is 60.7. The second kappa shape index (κ2) is 5.19. The molecule has 0 saturated carbocycles. The molecule has 0 fully saturated rings. The van der Waals surface area contributed by atoms with Gasteiger partial charge in [-0.2, -0.15) is 0 Å². The van der Waals surface area contributed by atoms with Crippen molar-refractivity contribution in [1.29, 1.82) is 0 Å². The molecule has 0 aromatic rings. The van der Waals surface area contributed by atoms with Crippen LogP contribution in [-0.2, 0) is 0 Å². The second-order valence-corrected chi connectivity index (χ2v) is 3.77. The van der Waals surface area contributed by atoms with E-state index in [1.807, 2.05) is 12.2 Å². The highest BCUT2D eigenvalue weighted by Crippen LogP contribution is 2.06. The Morgan fingerprint density at radius 2 is 2.29 bits per heavy atom. The summed E-state index contributed by atoms with van der Waals surface area (Å²) in [7, 11) is 0. The molecule has 0 bridgehead atoms. The normalized spacial score (nSPS) is 15.3. The summed E-state index contributed by atoms with van der Waals surface area (Å²) in [5.41, 5.74) is 0. The van der Waals surface area contributed by atoms with Gasteiger partial charge in [0.2, 0.25) is 0 Å². The highest BCUT2D eigenvalue weighted by atomic mass is 127. The minimum absolute atomic E-state index is 0.0800. The molecule has 0 aliphatic carbocycles. The van der Waals surface area contributed by atoms with Crippen LogP contribution in [0.15, 0.2) is 12.2 Å². The standard InChI is InChI=1S/C4H5Cl2I/c5-3-1-2-4(6)7/h1-2,4H,3H2. The smallest absolute Gasteiger partial charge is 0.103 e. The molecule has 0 aromatic carbocycles. The van der Waals surface area contributed by atoms with Crippen molar-refractivity contribution in [2.75, 3.05) is 5.88 Å². The molecule has 0 nitrogen and oxygen atoms in total. The first kappa shape index (κ1) is 8.05. The Labute approximate surface area is 67.0 Å².